The van der Waals surface area contributed by atoms with Gasteiger partial charge in [-0.05, 0) is 12.1 Å². The normalized spacial score (nSPS) is 11.5. The van der Waals surface area contributed by atoms with Gasteiger partial charge >= 0.3 is 12.1 Å². The van der Waals surface area contributed by atoms with Crippen molar-refractivity contribution in [1.82, 2.24) is 15.4 Å². The third kappa shape index (κ3) is 2.17. The Morgan fingerprint density at radius 2 is 2.06 bits per heavy atom. The minimum absolute atomic E-state index is 0.0379. The van der Waals surface area contributed by atoms with Crippen LogP contribution in [0.3, 0.4) is 0 Å². The summed E-state index contributed by atoms with van der Waals surface area (Å²) in [5.41, 5.74) is -1.32. The first-order chi connectivity index (χ1) is 8.39. The number of halogens is 3. The first-order valence-electron chi connectivity index (χ1n) is 4.71. The van der Waals surface area contributed by atoms with Crippen molar-refractivity contribution in [2.24, 2.45) is 0 Å². The van der Waals surface area contributed by atoms with E-state index in [4.69, 9.17) is 5.11 Å². The third-order valence-corrected chi connectivity index (χ3v) is 2.23. The van der Waals surface area contributed by atoms with E-state index >= 15 is 0 Å². The Kier molecular flexibility index (Phi) is 2.77. The number of rotatable bonds is 2. The molecule has 1 heterocycles. The molecule has 1 aromatic heterocycles. The molecule has 0 fully saturated rings. The Morgan fingerprint density at radius 3 is 2.67 bits per heavy atom. The van der Waals surface area contributed by atoms with Crippen molar-refractivity contribution < 1.29 is 23.1 Å². The molecule has 0 spiro atoms. The molecular formula is C10H6F3N3O2. The number of H-pyrrole nitrogens is 1. The number of nitrogens with one attached hydrogen (secondary N) is 1. The summed E-state index contributed by atoms with van der Waals surface area (Å²) in [5, 5.41) is 17.7. The first-order valence-corrected chi connectivity index (χ1v) is 4.71. The SMILES string of the molecule is O=C(O)c1[nH]nnc1-c1cccc(C(F)(F)F)c1. The lowest BCUT2D eigenvalue weighted by atomic mass is 10.1. The van der Waals surface area contributed by atoms with Crippen LogP contribution in [0, 0.1) is 0 Å². The number of aromatic carboxylic acids is 1. The highest BCUT2D eigenvalue weighted by Crippen LogP contribution is 2.32. The van der Waals surface area contributed by atoms with Crippen LogP contribution in [0.1, 0.15) is 16.1 Å². The van der Waals surface area contributed by atoms with Crippen LogP contribution >= 0.6 is 0 Å². The van der Waals surface area contributed by atoms with Crippen LogP contribution < -0.4 is 0 Å². The van der Waals surface area contributed by atoms with E-state index in [9.17, 15) is 18.0 Å². The smallest absolute Gasteiger partial charge is 0.416 e. The Hall–Kier alpha value is -2.38. The van der Waals surface area contributed by atoms with Crippen LogP contribution in [0.5, 0.6) is 0 Å². The predicted molar refractivity (Wildman–Crippen MR) is 53.8 cm³/mol. The number of alkyl halides is 3. The van der Waals surface area contributed by atoms with Crippen LogP contribution in [0.15, 0.2) is 24.3 Å². The molecule has 2 aromatic rings. The van der Waals surface area contributed by atoms with Gasteiger partial charge in [0.15, 0.2) is 5.69 Å². The van der Waals surface area contributed by atoms with Gasteiger partial charge in [0.2, 0.25) is 0 Å². The quantitative estimate of drug-likeness (QED) is 0.864. The largest absolute Gasteiger partial charge is 0.476 e. The summed E-state index contributed by atoms with van der Waals surface area (Å²) in [6.45, 7) is 0. The molecule has 2 rings (SSSR count). The van der Waals surface area contributed by atoms with Crippen molar-refractivity contribution in [3.05, 3.63) is 35.5 Å². The average molecular weight is 257 g/mol. The lowest BCUT2D eigenvalue weighted by molar-refractivity contribution is -0.137. The maximum absolute atomic E-state index is 12.5. The van der Waals surface area contributed by atoms with Gasteiger partial charge in [0.05, 0.1) is 5.56 Å². The summed E-state index contributed by atoms with van der Waals surface area (Å²) in [7, 11) is 0. The molecule has 0 amide bonds. The van der Waals surface area contributed by atoms with Crippen molar-refractivity contribution in [3.8, 4) is 11.3 Å². The minimum Gasteiger partial charge on any atom is -0.476 e. The number of carboxylic acids is 1. The highest BCUT2D eigenvalue weighted by molar-refractivity contribution is 5.92. The molecule has 18 heavy (non-hydrogen) atoms. The monoisotopic (exact) mass is 257 g/mol. The minimum atomic E-state index is -4.50. The van der Waals surface area contributed by atoms with Crippen LogP contribution in [0.4, 0.5) is 13.2 Å². The van der Waals surface area contributed by atoms with Gasteiger partial charge in [0, 0.05) is 5.56 Å². The fourth-order valence-electron chi connectivity index (χ4n) is 1.42. The van der Waals surface area contributed by atoms with Gasteiger partial charge < -0.3 is 5.11 Å². The second-order valence-electron chi connectivity index (χ2n) is 3.42. The number of carboxylic acid groups (broad SMARTS) is 1. The lowest BCUT2D eigenvalue weighted by Crippen LogP contribution is -2.05. The summed E-state index contributed by atoms with van der Waals surface area (Å²) in [6, 6.07) is 4.23. The van der Waals surface area contributed by atoms with Crippen molar-refractivity contribution in [3.63, 3.8) is 0 Å². The zero-order valence-electron chi connectivity index (χ0n) is 8.69. The van der Waals surface area contributed by atoms with Gasteiger partial charge in [0.1, 0.15) is 5.69 Å². The molecule has 0 bridgehead atoms. The van der Waals surface area contributed by atoms with E-state index in [1.54, 1.807) is 0 Å². The molecule has 0 aliphatic carbocycles. The Morgan fingerprint density at radius 1 is 1.33 bits per heavy atom. The molecule has 0 saturated carbocycles. The van der Waals surface area contributed by atoms with E-state index in [2.05, 4.69) is 15.4 Å². The second kappa shape index (κ2) is 4.13. The van der Waals surface area contributed by atoms with Crippen LogP contribution in [-0.2, 0) is 6.18 Å². The van der Waals surface area contributed by atoms with E-state index in [0.717, 1.165) is 12.1 Å². The number of nitrogens with zero attached hydrogens (tertiary/aromatic N) is 2. The first kappa shape index (κ1) is 12.1. The summed E-state index contributed by atoms with van der Waals surface area (Å²) >= 11 is 0. The van der Waals surface area contributed by atoms with Crippen molar-refractivity contribution in [2.45, 2.75) is 6.18 Å². The van der Waals surface area contributed by atoms with E-state index < -0.39 is 17.7 Å². The maximum atomic E-state index is 12.5. The summed E-state index contributed by atoms with van der Waals surface area (Å²) < 4.78 is 37.5. The molecule has 0 radical (unpaired) electrons. The molecule has 1 aromatic carbocycles. The van der Waals surface area contributed by atoms with Crippen molar-refractivity contribution in [2.75, 3.05) is 0 Å². The van der Waals surface area contributed by atoms with Crippen molar-refractivity contribution >= 4 is 5.97 Å². The molecule has 0 aliphatic heterocycles. The highest BCUT2D eigenvalue weighted by atomic mass is 19.4. The zero-order chi connectivity index (χ0) is 13.3. The Labute approximate surface area is 98.3 Å². The fourth-order valence-corrected chi connectivity index (χ4v) is 1.42. The number of aromatic amines is 1. The number of hydrogen-bond acceptors (Lipinski definition) is 3. The van der Waals surface area contributed by atoms with Crippen LogP contribution in [0.2, 0.25) is 0 Å². The summed E-state index contributed by atoms with van der Waals surface area (Å²) in [5.74, 6) is -1.34. The second-order valence-corrected chi connectivity index (χ2v) is 3.42. The maximum Gasteiger partial charge on any atom is 0.416 e. The van der Waals surface area contributed by atoms with Crippen LogP contribution in [0.25, 0.3) is 11.3 Å². The van der Waals surface area contributed by atoms with E-state index in [1.807, 2.05) is 0 Å². The number of hydrogen-bond donors (Lipinski definition) is 2. The van der Waals surface area contributed by atoms with Crippen LogP contribution in [-0.4, -0.2) is 26.5 Å². The molecule has 0 saturated heterocycles. The van der Waals surface area contributed by atoms with E-state index in [0.29, 0.717) is 0 Å². The molecule has 0 atom stereocenters. The van der Waals surface area contributed by atoms with Crippen molar-refractivity contribution in [1.29, 1.82) is 0 Å². The molecule has 8 heteroatoms. The lowest BCUT2D eigenvalue weighted by Gasteiger charge is -2.07. The number of carbonyl (C=O) groups is 1. The Bertz CT molecular complexity index is 592. The van der Waals surface area contributed by atoms with Gasteiger partial charge in [0.25, 0.3) is 0 Å². The van der Waals surface area contributed by atoms with Gasteiger partial charge in [-0.1, -0.05) is 17.3 Å². The summed E-state index contributed by atoms with van der Waals surface area (Å²) in [6.07, 6.45) is -4.50. The van der Waals surface area contributed by atoms with Gasteiger partial charge in [-0.15, -0.1) is 5.10 Å². The topological polar surface area (TPSA) is 78.9 Å². The average Bonchev–Trinajstić information content (AvgIpc) is 2.77. The molecular weight excluding hydrogens is 251 g/mol. The van der Waals surface area contributed by atoms with Gasteiger partial charge in [-0.25, -0.2) is 4.79 Å². The molecule has 0 unspecified atom stereocenters. The number of aromatic nitrogens is 3. The Balaban J connectivity index is 2.52. The zero-order valence-corrected chi connectivity index (χ0v) is 8.69. The molecule has 2 N–H and O–H groups in total. The van der Waals surface area contributed by atoms with E-state index in [-0.39, 0.29) is 17.0 Å². The molecule has 0 aliphatic rings. The fraction of sp³-hybridized carbons (Fsp3) is 0.100. The summed E-state index contributed by atoms with van der Waals surface area (Å²) in [4.78, 5) is 10.8. The van der Waals surface area contributed by atoms with Gasteiger partial charge in [-0.3, -0.25) is 5.10 Å². The van der Waals surface area contributed by atoms with E-state index in [1.165, 1.54) is 12.1 Å². The standard InChI is InChI=1S/C10H6F3N3O2/c11-10(12,13)6-3-1-2-5(4-6)7-8(9(17)18)15-16-14-7/h1-4H,(H,17,18)(H,14,15,16). The third-order valence-electron chi connectivity index (χ3n) is 2.23. The molecule has 5 nitrogen and oxygen atoms in total. The molecule has 94 valence electrons. The van der Waals surface area contributed by atoms with Gasteiger partial charge in [-0.2, -0.15) is 13.2 Å². The number of benzene rings is 1. The predicted octanol–water partition coefficient (Wildman–Crippen LogP) is 2.19. The highest BCUT2D eigenvalue weighted by Gasteiger charge is 2.31.